The summed E-state index contributed by atoms with van der Waals surface area (Å²) in [5.74, 6) is -2.60. The summed E-state index contributed by atoms with van der Waals surface area (Å²) in [5.41, 5.74) is 1.02. The van der Waals surface area contributed by atoms with E-state index in [2.05, 4.69) is 11.4 Å². The molecule has 1 aromatic carbocycles. The summed E-state index contributed by atoms with van der Waals surface area (Å²) in [5, 5.41) is 3.77. The van der Waals surface area contributed by atoms with E-state index in [1.165, 1.54) is 4.70 Å². The summed E-state index contributed by atoms with van der Waals surface area (Å²) in [6.45, 7) is 0.831. The highest BCUT2D eigenvalue weighted by Gasteiger charge is 2.44. The number of para-hydroxylation sites is 1. The Bertz CT molecular complexity index is 722. The smallest absolute Gasteiger partial charge is 0.262 e. The van der Waals surface area contributed by atoms with Gasteiger partial charge in [0.1, 0.15) is 0 Å². The van der Waals surface area contributed by atoms with E-state index in [1.807, 2.05) is 18.2 Å². The zero-order valence-electron chi connectivity index (χ0n) is 13.2. The molecule has 0 radical (unpaired) electrons. The molecule has 2 aliphatic heterocycles. The zero-order valence-corrected chi connectivity index (χ0v) is 14.0. The molecule has 0 spiro atoms. The van der Waals surface area contributed by atoms with Crippen molar-refractivity contribution >= 4 is 27.5 Å². The van der Waals surface area contributed by atoms with E-state index >= 15 is 0 Å². The number of hydrogen-bond donors (Lipinski definition) is 1. The summed E-state index contributed by atoms with van der Waals surface area (Å²) in [4.78, 5) is 18.8. The molecule has 2 aromatic rings. The van der Waals surface area contributed by atoms with Gasteiger partial charge >= 0.3 is 0 Å². The molecule has 128 valence electrons. The van der Waals surface area contributed by atoms with Crippen molar-refractivity contribution in [2.75, 3.05) is 19.6 Å². The number of hydrogen-bond acceptors (Lipinski definition) is 4. The number of nitrogens with one attached hydrogen (secondary N) is 1. The Hall–Kier alpha value is -1.60. The second-order valence-corrected chi connectivity index (χ2v) is 7.68. The Balaban J connectivity index is 1.39. The van der Waals surface area contributed by atoms with Gasteiger partial charge in [-0.1, -0.05) is 12.1 Å². The van der Waals surface area contributed by atoms with Gasteiger partial charge in [-0.05, 0) is 25.0 Å². The number of fused-ring (bicyclic) bond motifs is 1. The fourth-order valence-electron chi connectivity index (χ4n) is 3.52. The van der Waals surface area contributed by atoms with E-state index in [-0.39, 0.29) is 12.3 Å². The predicted molar refractivity (Wildman–Crippen MR) is 89.5 cm³/mol. The first-order valence-corrected chi connectivity index (χ1v) is 9.09. The fourth-order valence-corrected chi connectivity index (χ4v) is 4.66. The molecule has 2 aliphatic rings. The van der Waals surface area contributed by atoms with Gasteiger partial charge in [-0.15, -0.1) is 11.3 Å². The third-order valence-corrected chi connectivity index (χ3v) is 6.07. The summed E-state index contributed by atoms with van der Waals surface area (Å²) in [6.07, 6.45) is 1.30. The first-order valence-electron chi connectivity index (χ1n) is 8.27. The molecular formula is C17H19F2N3OS. The Morgan fingerprint density at radius 1 is 1.29 bits per heavy atom. The molecule has 0 aliphatic carbocycles. The Morgan fingerprint density at radius 2 is 2.04 bits per heavy atom. The monoisotopic (exact) mass is 351 g/mol. The molecule has 4 nitrogen and oxygen atoms in total. The first-order chi connectivity index (χ1) is 11.5. The number of benzene rings is 1. The lowest BCUT2D eigenvalue weighted by molar-refractivity contribution is -0.134. The number of rotatable bonds is 2. The lowest BCUT2D eigenvalue weighted by Gasteiger charge is -2.32. The van der Waals surface area contributed by atoms with Crippen molar-refractivity contribution in [2.24, 2.45) is 0 Å². The van der Waals surface area contributed by atoms with Crippen LogP contribution in [0.5, 0.6) is 0 Å². The van der Waals surface area contributed by atoms with Crippen molar-refractivity contribution in [1.82, 2.24) is 15.2 Å². The molecule has 1 N–H and O–H groups in total. The van der Waals surface area contributed by atoms with Crippen molar-refractivity contribution in [3.63, 3.8) is 0 Å². The van der Waals surface area contributed by atoms with E-state index in [4.69, 9.17) is 4.98 Å². The van der Waals surface area contributed by atoms with Crippen LogP contribution in [-0.2, 0) is 4.79 Å². The molecule has 7 heteroatoms. The van der Waals surface area contributed by atoms with E-state index in [9.17, 15) is 13.6 Å². The van der Waals surface area contributed by atoms with Crippen molar-refractivity contribution in [1.29, 1.82) is 0 Å². The summed E-state index contributed by atoms with van der Waals surface area (Å²) >= 11 is 1.71. The molecule has 2 fully saturated rings. The van der Waals surface area contributed by atoms with Crippen LogP contribution in [0.3, 0.4) is 0 Å². The van der Waals surface area contributed by atoms with E-state index < -0.39 is 18.5 Å². The summed E-state index contributed by atoms with van der Waals surface area (Å²) < 4.78 is 27.7. The lowest BCUT2D eigenvalue weighted by atomic mass is 9.97. The van der Waals surface area contributed by atoms with Gasteiger partial charge in [0.15, 0.2) is 0 Å². The van der Waals surface area contributed by atoms with E-state index in [1.54, 1.807) is 16.2 Å². The number of alkyl halides is 2. The normalized spacial score (nSPS) is 24.6. The predicted octanol–water partition coefficient (Wildman–Crippen LogP) is 3.00. The van der Waals surface area contributed by atoms with Crippen molar-refractivity contribution < 1.29 is 13.6 Å². The SMILES string of the molecule is O=C(C1CC(F)(F)CN1)N1CCC(c2nc3ccccc3s2)CC1. The van der Waals surface area contributed by atoms with Crippen LogP contribution >= 0.6 is 11.3 Å². The van der Waals surface area contributed by atoms with Crippen LogP contribution in [0.25, 0.3) is 10.2 Å². The standard InChI is InChI=1S/C17H19F2N3OS/c18-17(19)9-13(20-10-17)16(23)22-7-5-11(6-8-22)15-21-12-3-1-2-4-14(12)24-15/h1-4,11,13,20H,5-10H2. The number of likely N-dealkylation sites (tertiary alicyclic amines) is 1. The van der Waals surface area contributed by atoms with Crippen LogP contribution in [-0.4, -0.2) is 47.4 Å². The van der Waals surface area contributed by atoms with Gasteiger partial charge in [-0.3, -0.25) is 10.1 Å². The number of thiazole rings is 1. The number of amides is 1. The number of nitrogens with zero attached hydrogens (tertiary/aromatic N) is 2. The highest BCUT2D eigenvalue weighted by Crippen LogP contribution is 2.34. The van der Waals surface area contributed by atoms with Gasteiger partial charge in [-0.25, -0.2) is 13.8 Å². The van der Waals surface area contributed by atoms with Crippen LogP contribution in [0.15, 0.2) is 24.3 Å². The van der Waals surface area contributed by atoms with Crippen LogP contribution in [0.2, 0.25) is 0 Å². The van der Waals surface area contributed by atoms with Crippen LogP contribution in [0.4, 0.5) is 8.78 Å². The lowest BCUT2D eigenvalue weighted by Crippen LogP contribution is -2.46. The molecular weight excluding hydrogens is 332 g/mol. The minimum Gasteiger partial charge on any atom is -0.341 e. The Morgan fingerprint density at radius 3 is 2.71 bits per heavy atom. The number of carbonyl (C=O) groups is 1. The number of piperidine rings is 1. The molecule has 0 bridgehead atoms. The van der Waals surface area contributed by atoms with E-state index in [0.717, 1.165) is 23.4 Å². The average molecular weight is 351 g/mol. The van der Waals surface area contributed by atoms with Crippen LogP contribution < -0.4 is 5.32 Å². The third kappa shape index (κ3) is 3.02. The van der Waals surface area contributed by atoms with Crippen molar-refractivity contribution in [2.45, 2.75) is 37.1 Å². The molecule has 1 aromatic heterocycles. The van der Waals surface area contributed by atoms with Gasteiger partial charge in [0.2, 0.25) is 5.91 Å². The molecule has 24 heavy (non-hydrogen) atoms. The molecule has 1 amide bonds. The van der Waals surface area contributed by atoms with Crippen molar-refractivity contribution in [3.05, 3.63) is 29.3 Å². The third-order valence-electron chi connectivity index (χ3n) is 4.87. The molecule has 3 heterocycles. The largest absolute Gasteiger partial charge is 0.341 e. The van der Waals surface area contributed by atoms with Crippen LogP contribution in [0, 0.1) is 0 Å². The Labute approximate surface area is 142 Å². The molecule has 1 unspecified atom stereocenters. The number of halogens is 2. The summed E-state index contributed by atoms with van der Waals surface area (Å²) in [7, 11) is 0. The topological polar surface area (TPSA) is 45.2 Å². The van der Waals surface area contributed by atoms with Gasteiger partial charge in [-0.2, -0.15) is 0 Å². The van der Waals surface area contributed by atoms with Gasteiger partial charge < -0.3 is 4.90 Å². The highest BCUT2D eigenvalue weighted by atomic mass is 32.1. The van der Waals surface area contributed by atoms with Gasteiger partial charge in [0.25, 0.3) is 5.92 Å². The van der Waals surface area contributed by atoms with Crippen molar-refractivity contribution in [3.8, 4) is 0 Å². The molecule has 2 saturated heterocycles. The maximum Gasteiger partial charge on any atom is 0.262 e. The second kappa shape index (κ2) is 6.04. The zero-order chi connectivity index (χ0) is 16.7. The number of carbonyl (C=O) groups excluding carboxylic acids is 1. The highest BCUT2D eigenvalue weighted by molar-refractivity contribution is 7.18. The van der Waals surface area contributed by atoms with E-state index in [0.29, 0.717) is 19.0 Å². The molecule has 4 rings (SSSR count). The van der Waals surface area contributed by atoms with Gasteiger partial charge in [0, 0.05) is 25.4 Å². The Kier molecular flexibility index (Phi) is 4.00. The second-order valence-electron chi connectivity index (χ2n) is 6.61. The molecule has 1 atom stereocenters. The maximum absolute atomic E-state index is 13.3. The first kappa shape index (κ1) is 15.9. The average Bonchev–Trinajstić information content (AvgIpc) is 3.17. The quantitative estimate of drug-likeness (QED) is 0.905. The minimum absolute atomic E-state index is 0.185. The fraction of sp³-hybridized carbons (Fsp3) is 0.529. The minimum atomic E-state index is -2.76. The van der Waals surface area contributed by atoms with Crippen LogP contribution in [0.1, 0.15) is 30.2 Å². The van der Waals surface area contributed by atoms with Gasteiger partial charge in [0.05, 0.1) is 27.8 Å². The number of aromatic nitrogens is 1. The molecule has 0 saturated carbocycles. The summed E-state index contributed by atoms with van der Waals surface area (Å²) in [6, 6.07) is 7.34. The maximum atomic E-state index is 13.3.